The van der Waals surface area contributed by atoms with Gasteiger partial charge in [0.05, 0.1) is 24.7 Å². The van der Waals surface area contributed by atoms with E-state index in [9.17, 15) is 34.8 Å². The summed E-state index contributed by atoms with van der Waals surface area (Å²) in [6.07, 6.45) is -5.06. The Morgan fingerprint density at radius 3 is 2.53 bits per heavy atom. The van der Waals surface area contributed by atoms with Crippen LogP contribution in [0.25, 0.3) is 0 Å². The number of carbonyl (C=O) groups excluding carboxylic acids is 3. The molecule has 2 rings (SSSR count). The highest BCUT2D eigenvalue weighted by Gasteiger charge is 2.38. The number of hydrogen-bond donors (Lipinski definition) is 4. The molecule has 0 aliphatic carbocycles. The molecule has 1 heterocycles. The van der Waals surface area contributed by atoms with Crippen LogP contribution in [-0.4, -0.2) is 70.4 Å². The van der Waals surface area contributed by atoms with Gasteiger partial charge >= 0.3 is 5.97 Å². The zero-order chi connectivity index (χ0) is 25.3. The Kier molecular flexibility index (Phi) is 10.7. The van der Waals surface area contributed by atoms with Crippen molar-refractivity contribution in [2.45, 2.75) is 82.8 Å². The zero-order valence-corrected chi connectivity index (χ0v) is 19.2. The third-order valence-electron chi connectivity index (χ3n) is 5.39. The lowest BCUT2D eigenvalue weighted by Crippen LogP contribution is -2.49. The van der Waals surface area contributed by atoms with E-state index in [0.717, 1.165) is 0 Å². The molecule has 0 aromatic heterocycles. The third-order valence-corrected chi connectivity index (χ3v) is 5.39. The number of ether oxygens (including phenoxy) is 3. The summed E-state index contributed by atoms with van der Waals surface area (Å²) in [5, 5.41) is 42.7. The Balaban J connectivity index is 1.69. The Hall–Kier alpha value is -2.73. The van der Waals surface area contributed by atoms with Crippen molar-refractivity contribution in [2.24, 2.45) is 0 Å². The molecule has 1 aliphatic rings. The minimum Gasteiger partial charge on any atom is -0.550 e. The number of aromatic hydroxyl groups is 1. The highest BCUT2D eigenvalue weighted by Crippen LogP contribution is 2.25. The molecule has 3 unspecified atom stereocenters. The van der Waals surface area contributed by atoms with Gasteiger partial charge in [-0.15, -0.1) is 0 Å². The van der Waals surface area contributed by atoms with Crippen LogP contribution in [0.3, 0.4) is 0 Å². The predicted octanol–water partition coefficient (Wildman–Crippen LogP) is -0.335. The molecular weight excluding hydrogens is 450 g/mol. The van der Waals surface area contributed by atoms with Gasteiger partial charge in [-0.05, 0) is 44.4 Å². The first kappa shape index (κ1) is 27.5. The van der Waals surface area contributed by atoms with Gasteiger partial charge in [0.15, 0.2) is 6.29 Å². The molecule has 1 aliphatic heterocycles. The van der Waals surface area contributed by atoms with E-state index >= 15 is 0 Å². The number of esters is 1. The summed E-state index contributed by atoms with van der Waals surface area (Å²) >= 11 is 0. The monoisotopic (exact) mass is 482 g/mol. The van der Waals surface area contributed by atoms with E-state index in [1.165, 1.54) is 24.3 Å². The van der Waals surface area contributed by atoms with Crippen LogP contribution in [0.1, 0.15) is 57.6 Å². The first-order chi connectivity index (χ1) is 16.0. The molecule has 34 heavy (non-hydrogen) atoms. The van der Waals surface area contributed by atoms with Crippen LogP contribution in [0.5, 0.6) is 5.75 Å². The molecule has 190 valence electrons. The van der Waals surface area contributed by atoms with Gasteiger partial charge in [0, 0.05) is 25.4 Å². The number of carboxylic acids is 1. The molecule has 1 aromatic carbocycles. The van der Waals surface area contributed by atoms with Crippen LogP contribution in [0, 0.1) is 0 Å². The predicted molar refractivity (Wildman–Crippen MR) is 115 cm³/mol. The molecular formula is C23H32NO10-. The molecule has 1 aromatic rings. The largest absolute Gasteiger partial charge is 0.550 e. The standard InChI is InChI=1S/C23H33NO10/c1-13(3-9-21(29)30)32-23-17(26)11-19(14(2)33-23)34-22(31)10-8-20(28)24-12-18(27)15-4-6-16(25)7-5-15/h4-7,13-14,17-19,23,25-27H,3,8-12H2,1-2H3,(H,24,28)(H,29,30)/p-1/t13?,14?,17?,18-,19+,23+/m0/s1. The van der Waals surface area contributed by atoms with Crippen LogP contribution in [0.2, 0.25) is 0 Å². The molecule has 1 amide bonds. The van der Waals surface area contributed by atoms with Gasteiger partial charge in [-0.3, -0.25) is 9.59 Å². The van der Waals surface area contributed by atoms with Crippen molar-refractivity contribution in [3.05, 3.63) is 29.8 Å². The number of aliphatic carboxylic acids is 1. The SMILES string of the molecule is CC(CCC(=O)[O-])O[C@@H]1OC(C)[C@H](OC(=O)CCC(=O)NC[C@H](O)c2ccc(O)cc2)CC1O. The van der Waals surface area contributed by atoms with Crippen molar-refractivity contribution >= 4 is 17.8 Å². The smallest absolute Gasteiger partial charge is 0.306 e. The van der Waals surface area contributed by atoms with Crippen molar-refractivity contribution in [3.8, 4) is 5.75 Å². The number of carbonyl (C=O) groups is 3. The summed E-state index contributed by atoms with van der Waals surface area (Å²) in [5.74, 6) is -2.21. The minimum absolute atomic E-state index is 0.0544. The van der Waals surface area contributed by atoms with Crippen LogP contribution in [0.4, 0.5) is 0 Å². The lowest BCUT2D eigenvalue weighted by atomic mass is 10.0. The molecule has 0 radical (unpaired) electrons. The molecule has 0 saturated carbocycles. The van der Waals surface area contributed by atoms with E-state index < -0.39 is 54.7 Å². The lowest BCUT2D eigenvalue weighted by molar-refractivity contribution is -0.307. The number of aliphatic hydroxyl groups excluding tert-OH is 2. The first-order valence-corrected chi connectivity index (χ1v) is 11.2. The number of rotatable bonds is 12. The van der Waals surface area contributed by atoms with Crippen molar-refractivity contribution in [2.75, 3.05) is 6.54 Å². The van der Waals surface area contributed by atoms with Crippen LogP contribution >= 0.6 is 0 Å². The van der Waals surface area contributed by atoms with E-state index in [1.807, 2.05) is 0 Å². The second kappa shape index (κ2) is 13.2. The van der Waals surface area contributed by atoms with E-state index in [-0.39, 0.29) is 44.4 Å². The Morgan fingerprint density at radius 1 is 1.21 bits per heavy atom. The fourth-order valence-electron chi connectivity index (χ4n) is 3.37. The molecule has 11 nitrogen and oxygen atoms in total. The quantitative estimate of drug-likeness (QED) is 0.289. The number of nitrogens with one attached hydrogen (secondary N) is 1. The first-order valence-electron chi connectivity index (χ1n) is 11.2. The van der Waals surface area contributed by atoms with Gasteiger partial charge in [-0.25, -0.2) is 0 Å². The summed E-state index contributed by atoms with van der Waals surface area (Å²) in [5.41, 5.74) is 0.526. The van der Waals surface area contributed by atoms with E-state index in [4.69, 9.17) is 14.2 Å². The van der Waals surface area contributed by atoms with Crippen LogP contribution in [-0.2, 0) is 28.6 Å². The average Bonchev–Trinajstić information content (AvgIpc) is 2.78. The summed E-state index contributed by atoms with van der Waals surface area (Å²) in [4.78, 5) is 34.7. The van der Waals surface area contributed by atoms with Gasteiger partial charge in [-0.2, -0.15) is 0 Å². The van der Waals surface area contributed by atoms with E-state index in [1.54, 1.807) is 13.8 Å². The van der Waals surface area contributed by atoms with Crippen LogP contribution in [0.15, 0.2) is 24.3 Å². The highest BCUT2D eigenvalue weighted by atomic mass is 16.7. The van der Waals surface area contributed by atoms with Gasteiger partial charge in [0.1, 0.15) is 18.0 Å². The lowest BCUT2D eigenvalue weighted by Gasteiger charge is -2.38. The van der Waals surface area contributed by atoms with Crippen LogP contribution < -0.4 is 10.4 Å². The molecule has 0 spiro atoms. The number of carboxylic acid groups (broad SMARTS) is 1. The number of amides is 1. The number of hydrogen-bond acceptors (Lipinski definition) is 10. The molecule has 1 fully saturated rings. The fraction of sp³-hybridized carbons (Fsp3) is 0.609. The molecule has 4 N–H and O–H groups in total. The maximum absolute atomic E-state index is 12.2. The fourth-order valence-corrected chi connectivity index (χ4v) is 3.37. The van der Waals surface area contributed by atoms with E-state index in [2.05, 4.69) is 5.32 Å². The van der Waals surface area contributed by atoms with Gasteiger partial charge < -0.3 is 44.7 Å². The topological polar surface area (TPSA) is 175 Å². The number of phenols is 1. The summed E-state index contributed by atoms with van der Waals surface area (Å²) < 4.78 is 16.5. The molecule has 11 heteroatoms. The van der Waals surface area contributed by atoms with Crippen molar-refractivity contribution in [3.63, 3.8) is 0 Å². The average molecular weight is 483 g/mol. The Morgan fingerprint density at radius 2 is 1.88 bits per heavy atom. The summed E-state index contributed by atoms with van der Waals surface area (Å²) in [6.45, 7) is 3.26. The maximum atomic E-state index is 12.2. The van der Waals surface area contributed by atoms with Crippen molar-refractivity contribution in [1.29, 1.82) is 0 Å². The number of benzene rings is 1. The Bertz CT molecular complexity index is 814. The second-order valence-electron chi connectivity index (χ2n) is 8.31. The molecule has 0 bridgehead atoms. The van der Waals surface area contributed by atoms with Gasteiger partial charge in [0.25, 0.3) is 0 Å². The second-order valence-corrected chi connectivity index (χ2v) is 8.31. The third kappa shape index (κ3) is 9.26. The summed E-state index contributed by atoms with van der Waals surface area (Å²) in [7, 11) is 0. The number of phenolic OH excluding ortho intramolecular Hbond substituents is 1. The molecule has 6 atom stereocenters. The minimum atomic E-state index is -1.19. The maximum Gasteiger partial charge on any atom is 0.306 e. The summed E-state index contributed by atoms with van der Waals surface area (Å²) in [6, 6.07) is 5.93. The van der Waals surface area contributed by atoms with Gasteiger partial charge in [0.2, 0.25) is 5.91 Å². The van der Waals surface area contributed by atoms with Crippen molar-refractivity contribution in [1.82, 2.24) is 5.32 Å². The number of aliphatic hydroxyl groups is 2. The zero-order valence-electron chi connectivity index (χ0n) is 19.2. The highest BCUT2D eigenvalue weighted by molar-refractivity contribution is 5.81. The molecule has 1 saturated heterocycles. The Labute approximate surface area is 197 Å². The van der Waals surface area contributed by atoms with E-state index in [0.29, 0.717) is 5.56 Å². The van der Waals surface area contributed by atoms with Gasteiger partial charge in [-0.1, -0.05) is 12.1 Å². The van der Waals surface area contributed by atoms with Crippen molar-refractivity contribution < 1.29 is 49.0 Å². The normalized spacial score (nSPS) is 24.1.